The van der Waals surface area contributed by atoms with E-state index in [1.165, 1.54) is 0 Å². The Balaban J connectivity index is 1.90. The van der Waals surface area contributed by atoms with Crippen LogP contribution in [-0.4, -0.2) is 37.9 Å². The van der Waals surface area contributed by atoms with Gasteiger partial charge in [0.25, 0.3) is 0 Å². The van der Waals surface area contributed by atoms with Crippen LogP contribution in [0.2, 0.25) is 0 Å². The molecule has 4 aromatic rings. The smallest absolute Gasteiger partial charge is 0.206 e. The molecule has 0 aliphatic heterocycles. The maximum absolute atomic E-state index is 5.64. The zero-order chi connectivity index (χ0) is 17.9. The lowest BCUT2D eigenvalue weighted by atomic mass is 9.98. The molecule has 0 amide bonds. The number of benzene rings is 2. The molecule has 26 heavy (non-hydrogen) atoms. The van der Waals surface area contributed by atoms with Gasteiger partial charge in [0.15, 0.2) is 0 Å². The van der Waals surface area contributed by atoms with Gasteiger partial charge in [0.2, 0.25) is 5.82 Å². The van der Waals surface area contributed by atoms with E-state index in [-0.39, 0.29) is 0 Å². The summed E-state index contributed by atoms with van der Waals surface area (Å²) in [6.45, 7) is 0.605. The number of thiol groups is 1. The average Bonchev–Trinajstić information content (AvgIpc) is 3.20. The van der Waals surface area contributed by atoms with Crippen LogP contribution in [0.1, 0.15) is 0 Å². The molecule has 6 nitrogen and oxygen atoms in total. The number of nitrogens with two attached hydrogens (primary N) is 1. The van der Waals surface area contributed by atoms with Crippen molar-refractivity contribution in [3.63, 3.8) is 0 Å². The van der Waals surface area contributed by atoms with E-state index >= 15 is 0 Å². The van der Waals surface area contributed by atoms with Gasteiger partial charge >= 0.3 is 0 Å². The van der Waals surface area contributed by atoms with Crippen molar-refractivity contribution in [1.29, 1.82) is 0 Å². The lowest BCUT2D eigenvalue weighted by molar-refractivity contribution is 0.881. The molecule has 0 bridgehead atoms. The maximum Gasteiger partial charge on any atom is 0.206 e. The van der Waals surface area contributed by atoms with Crippen molar-refractivity contribution >= 4 is 35.3 Å². The van der Waals surface area contributed by atoms with Crippen molar-refractivity contribution in [2.45, 2.75) is 9.79 Å². The highest BCUT2D eigenvalue weighted by molar-refractivity contribution is 7.99. The van der Waals surface area contributed by atoms with Gasteiger partial charge in [-0.1, -0.05) is 24.3 Å². The minimum absolute atomic E-state index is 0.515. The quantitative estimate of drug-likeness (QED) is 0.363. The number of nitrogens with zero attached hydrogens (tertiary/aromatic N) is 4. The molecule has 8 heteroatoms. The number of hydrogen-bond acceptors (Lipinski definition) is 7. The summed E-state index contributed by atoms with van der Waals surface area (Å²) in [6.07, 6.45) is 1.79. The van der Waals surface area contributed by atoms with Gasteiger partial charge in [0.1, 0.15) is 0 Å². The van der Waals surface area contributed by atoms with Crippen molar-refractivity contribution in [2.75, 3.05) is 12.3 Å². The fourth-order valence-electron chi connectivity index (χ4n) is 2.83. The zero-order valence-corrected chi connectivity index (χ0v) is 15.5. The van der Waals surface area contributed by atoms with Crippen molar-refractivity contribution < 1.29 is 0 Å². The Morgan fingerprint density at radius 3 is 2.88 bits per heavy atom. The van der Waals surface area contributed by atoms with Gasteiger partial charge in [-0.15, -0.1) is 34.6 Å². The number of pyridine rings is 1. The Kier molecular flexibility index (Phi) is 4.87. The number of hydrogen-bond donors (Lipinski definition) is 3. The standard InChI is InChI=1S/C18H16N6S2/c19-7-9-26-15-6-5-13(16(17(15)25)18-21-23-24-22-18)12-4-3-11-2-1-8-20-14(11)10-12/h1-6,8,10,25H,7,9,19H2,(H,21,22,23,24). The number of aromatic amines is 1. The highest BCUT2D eigenvalue weighted by Crippen LogP contribution is 2.40. The topological polar surface area (TPSA) is 93.4 Å². The normalized spacial score (nSPS) is 11.2. The second kappa shape index (κ2) is 7.45. The summed E-state index contributed by atoms with van der Waals surface area (Å²) < 4.78 is 0. The summed E-state index contributed by atoms with van der Waals surface area (Å²) in [5.74, 6) is 1.33. The molecule has 2 aromatic heterocycles. The Bertz CT molecular complexity index is 1050. The minimum atomic E-state index is 0.515. The summed E-state index contributed by atoms with van der Waals surface area (Å²) in [6, 6.07) is 14.3. The van der Waals surface area contributed by atoms with Crippen molar-refractivity contribution in [3.05, 3.63) is 48.7 Å². The van der Waals surface area contributed by atoms with E-state index < -0.39 is 0 Å². The van der Waals surface area contributed by atoms with Crippen LogP contribution >= 0.6 is 24.4 Å². The fraction of sp³-hybridized carbons (Fsp3) is 0.111. The van der Waals surface area contributed by atoms with E-state index in [0.29, 0.717) is 12.4 Å². The molecule has 0 radical (unpaired) electrons. The van der Waals surface area contributed by atoms with Gasteiger partial charge in [-0.2, -0.15) is 5.21 Å². The lowest BCUT2D eigenvalue weighted by Gasteiger charge is -2.14. The predicted molar refractivity (Wildman–Crippen MR) is 107 cm³/mol. The molecule has 0 aliphatic rings. The van der Waals surface area contributed by atoms with E-state index in [2.05, 4.69) is 55.9 Å². The third-order valence-electron chi connectivity index (χ3n) is 4.00. The molecule has 0 saturated heterocycles. The largest absolute Gasteiger partial charge is 0.330 e. The van der Waals surface area contributed by atoms with E-state index in [4.69, 9.17) is 18.4 Å². The first-order chi connectivity index (χ1) is 12.8. The van der Waals surface area contributed by atoms with Gasteiger partial charge in [-0.25, -0.2) is 0 Å². The number of aromatic nitrogens is 5. The summed E-state index contributed by atoms with van der Waals surface area (Å²) in [5, 5.41) is 15.7. The van der Waals surface area contributed by atoms with E-state index in [9.17, 15) is 0 Å². The lowest BCUT2D eigenvalue weighted by Crippen LogP contribution is -2.01. The Morgan fingerprint density at radius 1 is 1.15 bits per heavy atom. The first kappa shape index (κ1) is 17.0. The third kappa shape index (κ3) is 3.18. The van der Waals surface area contributed by atoms with Gasteiger partial charge in [0, 0.05) is 39.2 Å². The van der Waals surface area contributed by atoms with Crippen molar-refractivity contribution in [2.24, 2.45) is 5.73 Å². The molecule has 0 unspecified atom stereocenters. The molecule has 2 aromatic carbocycles. The monoisotopic (exact) mass is 380 g/mol. The van der Waals surface area contributed by atoms with Crippen LogP contribution in [0, 0.1) is 0 Å². The highest BCUT2D eigenvalue weighted by atomic mass is 32.2. The van der Waals surface area contributed by atoms with Crippen LogP contribution in [0.5, 0.6) is 0 Å². The summed E-state index contributed by atoms with van der Waals surface area (Å²) in [4.78, 5) is 6.32. The first-order valence-corrected chi connectivity index (χ1v) is 9.49. The van der Waals surface area contributed by atoms with Gasteiger partial charge in [-0.05, 0) is 34.5 Å². The predicted octanol–water partition coefficient (Wildman–Crippen LogP) is 3.42. The maximum atomic E-state index is 5.64. The first-order valence-electron chi connectivity index (χ1n) is 8.05. The summed E-state index contributed by atoms with van der Waals surface area (Å²) in [7, 11) is 0. The number of rotatable bonds is 5. The van der Waals surface area contributed by atoms with Crippen LogP contribution in [0.25, 0.3) is 33.4 Å². The zero-order valence-electron chi connectivity index (χ0n) is 13.8. The second-order valence-corrected chi connectivity index (χ2v) is 7.20. The molecule has 0 spiro atoms. The molecule has 0 saturated carbocycles. The van der Waals surface area contributed by atoms with Gasteiger partial charge < -0.3 is 5.73 Å². The number of tetrazole rings is 1. The molecular weight excluding hydrogens is 364 g/mol. The second-order valence-electron chi connectivity index (χ2n) is 5.62. The van der Waals surface area contributed by atoms with Crippen LogP contribution in [0.15, 0.2) is 58.5 Å². The average molecular weight is 381 g/mol. The number of H-pyrrole nitrogens is 1. The molecule has 0 fully saturated rings. The Morgan fingerprint density at radius 2 is 2.08 bits per heavy atom. The van der Waals surface area contributed by atoms with Crippen LogP contribution in [0.4, 0.5) is 0 Å². The molecule has 0 aliphatic carbocycles. The fourth-order valence-corrected chi connectivity index (χ4v) is 4.06. The number of thioether (sulfide) groups is 1. The minimum Gasteiger partial charge on any atom is -0.330 e. The van der Waals surface area contributed by atoms with Crippen LogP contribution in [0.3, 0.4) is 0 Å². The molecule has 0 atom stereocenters. The number of nitrogens with one attached hydrogen (secondary N) is 1. The molecule has 130 valence electrons. The van der Waals surface area contributed by atoms with Crippen molar-refractivity contribution in [3.8, 4) is 22.5 Å². The highest BCUT2D eigenvalue weighted by Gasteiger charge is 2.18. The molecular formula is C18H16N6S2. The van der Waals surface area contributed by atoms with Gasteiger partial charge in [-0.3, -0.25) is 4.98 Å². The Hall–Kier alpha value is -2.42. The van der Waals surface area contributed by atoms with Crippen LogP contribution in [-0.2, 0) is 0 Å². The van der Waals surface area contributed by atoms with Crippen LogP contribution < -0.4 is 5.73 Å². The summed E-state index contributed by atoms with van der Waals surface area (Å²) in [5.41, 5.74) is 9.44. The van der Waals surface area contributed by atoms with E-state index in [0.717, 1.165) is 43.1 Å². The van der Waals surface area contributed by atoms with E-state index in [1.54, 1.807) is 18.0 Å². The summed E-state index contributed by atoms with van der Waals surface area (Å²) >= 11 is 6.43. The SMILES string of the molecule is NCCSc1ccc(-c2ccc3cccnc3c2)c(-c2nn[nH]n2)c1S. The Labute approximate surface area is 160 Å². The molecule has 2 heterocycles. The van der Waals surface area contributed by atoms with Gasteiger partial charge in [0.05, 0.1) is 5.52 Å². The number of fused-ring (bicyclic) bond motifs is 1. The molecule has 3 N–H and O–H groups in total. The molecule has 4 rings (SSSR count). The van der Waals surface area contributed by atoms with Crippen molar-refractivity contribution in [1.82, 2.24) is 25.6 Å². The third-order valence-corrected chi connectivity index (χ3v) is 5.71. The van der Waals surface area contributed by atoms with E-state index in [1.807, 2.05) is 12.1 Å².